The van der Waals surface area contributed by atoms with Gasteiger partial charge in [-0.05, 0) is 35.3 Å². The first-order valence-electron chi connectivity index (χ1n) is 17.3. The van der Waals surface area contributed by atoms with E-state index in [2.05, 4.69) is 31.0 Å². The van der Waals surface area contributed by atoms with E-state index >= 15 is 0 Å². The van der Waals surface area contributed by atoms with Crippen LogP contribution in [-0.2, 0) is 21.9 Å². The van der Waals surface area contributed by atoms with Crippen molar-refractivity contribution >= 4 is 23.2 Å². The van der Waals surface area contributed by atoms with Gasteiger partial charge in [-0.1, -0.05) is 76.2 Å². The number of carbonyl (C=O) groups excluding carboxylic acids is 2. The second kappa shape index (κ2) is 12.9. The van der Waals surface area contributed by atoms with E-state index in [0.29, 0.717) is 58.7 Å². The van der Waals surface area contributed by atoms with E-state index < -0.39 is 35.6 Å². The molecule has 4 heterocycles. The van der Waals surface area contributed by atoms with Gasteiger partial charge in [0.1, 0.15) is 17.1 Å². The molecule has 0 saturated carbocycles. The number of nitrogens with zero attached hydrogens (tertiary/aromatic N) is 2. The molecule has 0 fully saturated rings. The molecule has 8 rings (SSSR count). The molecule has 2 atom stereocenters. The molecule has 284 valence electrons. The number of ketones is 2. The smallest absolute Gasteiger partial charge is 0.433 e. The largest absolute Gasteiger partial charge is 0.496 e. The summed E-state index contributed by atoms with van der Waals surface area (Å²) >= 11 is 0. The van der Waals surface area contributed by atoms with Crippen molar-refractivity contribution in [2.75, 3.05) is 17.7 Å². The molecule has 1 unspecified atom stereocenters. The summed E-state index contributed by atoms with van der Waals surface area (Å²) in [5.74, 6) is -1.27. The average molecular weight is 753 g/mol. The third kappa shape index (κ3) is 6.57. The standard InChI is InChI=1S/C20H20F3N3O2.C19H18F3N3O/c1-19(2)8-11-15(12(27)9-19)14(10-6-4-5-7-13(10)28-3)16-17(20(21,22)23)25-26-18(16)24-11;1-18(2)8-11-14(12(26)9-18)13(10-6-4-3-5-7-10)15-16(19(20,21)22)24-25-17(15)23-11/h4-7,14H,8-9H2,1-3H3,(H2,24,25,26);3-7,13H,8-9H2,1-2H3,(H2,23,24,25)/t14-;/m0./s1. The summed E-state index contributed by atoms with van der Waals surface area (Å²) in [7, 11) is 1.46. The molecular weight excluding hydrogens is 714 g/mol. The third-order valence-corrected chi connectivity index (χ3v) is 10.3. The monoisotopic (exact) mass is 752 g/mol. The number of halogens is 6. The number of aromatic amines is 2. The number of benzene rings is 2. The van der Waals surface area contributed by atoms with Gasteiger partial charge in [0.25, 0.3) is 0 Å². The van der Waals surface area contributed by atoms with Gasteiger partial charge < -0.3 is 15.4 Å². The number of nitrogens with one attached hydrogen (secondary N) is 4. The number of rotatable bonds is 3. The molecule has 4 aromatic rings. The molecule has 4 aliphatic rings. The van der Waals surface area contributed by atoms with Crippen LogP contribution in [0.5, 0.6) is 5.75 Å². The summed E-state index contributed by atoms with van der Waals surface area (Å²) in [5, 5.41) is 18.0. The number of fused-ring (bicyclic) bond motifs is 2. The summed E-state index contributed by atoms with van der Waals surface area (Å²) in [6, 6.07) is 15.7. The van der Waals surface area contributed by atoms with Crippen molar-refractivity contribution in [3.63, 3.8) is 0 Å². The lowest BCUT2D eigenvalue weighted by Gasteiger charge is -2.38. The van der Waals surface area contributed by atoms with Crippen molar-refractivity contribution in [1.29, 1.82) is 0 Å². The zero-order chi connectivity index (χ0) is 39.0. The lowest BCUT2D eigenvalue weighted by Crippen LogP contribution is -2.34. The van der Waals surface area contributed by atoms with Crippen molar-refractivity contribution < 1.29 is 40.7 Å². The molecule has 0 saturated heterocycles. The van der Waals surface area contributed by atoms with Crippen LogP contribution in [-0.4, -0.2) is 39.1 Å². The van der Waals surface area contributed by atoms with E-state index in [4.69, 9.17) is 4.74 Å². The molecule has 0 spiro atoms. The molecule has 9 nitrogen and oxygen atoms in total. The van der Waals surface area contributed by atoms with Gasteiger partial charge in [0.2, 0.25) is 0 Å². The molecule has 4 N–H and O–H groups in total. The maximum absolute atomic E-state index is 13.7. The second-order valence-corrected chi connectivity index (χ2v) is 15.7. The number of ether oxygens (including phenoxy) is 1. The van der Waals surface area contributed by atoms with E-state index in [0.717, 1.165) is 0 Å². The fraction of sp³-hybridized carbons (Fsp3) is 0.385. The molecule has 0 bridgehead atoms. The highest BCUT2D eigenvalue weighted by Gasteiger charge is 2.49. The predicted octanol–water partition coefficient (Wildman–Crippen LogP) is 9.27. The zero-order valence-electron chi connectivity index (χ0n) is 30.1. The van der Waals surface area contributed by atoms with Crippen LogP contribution in [0, 0.1) is 10.8 Å². The van der Waals surface area contributed by atoms with Gasteiger partial charge in [0.05, 0.1) is 7.11 Å². The number of hydrogen-bond donors (Lipinski definition) is 4. The number of carbonyl (C=O) groups is 2. The molecule has 0 radical (unpaired) electrons. The summed E-state index contributed by atoms with van der Waals surface area (Å²) in [6.45, 7) is 7.90. The third-order valence-electron chi connectivity index (χ3n) is 10.3. The fourth-order valence-electron chi connectivity index (χ4n) is 8.22. The lowest BCUT2D eigenvalue weighted by atomic mass is 9.69. The van der Waals surface area contributed by atoms with Gasteiger partial charge in [0.15, 0.2) is 23.2 Å². The van der Waals surface area contributed by atoms with Gasteiger partial charge in [-0.15, -0.1) is 0 Å². The maximum atomic E-state index is 13.7. The van der Waals surface area contributed by atoms with Gasteiger partial charge >= 0.3 is 12.4 Å². The van der Waals surface area contributed by atoms with Crippen LogP contribution in [0.4, 0.5) is 38.0 Å². The van der Waals surface area contributed by atoms with E-state index in [1.807, 2.05) is 27.7 Å². The summed E-state index contributed by atoms with van der Waals surface area (Å²) in [4.78, 5) is 26.0. The molecule has 2 aromatic carbocycles. The Labute approximate surface area is 306 Å². The first kappa shape index (κ1) is 37.0. The van der Waals surface area contributed by atoms with Crippen LogP contribution >= 0.6 is 0 Å². The predicted molar refractivity (Wildman–Crippen MR) is 188 cm³/mol. The Morgan fingerprint density at radius 3 is 1.57 bits per heavy atom. The number of anilines is 2. The average Bonchev–Trinajstić information content (AvgIpc) is 3.71. The van der Waals surface area contributed by atoms with E-state index in [9.17, 15) is 35.9 Å². The number of methoxy groups -OCH3 is 1. The highest BCUT2D eigenvalue weighted by Crippen LogP contribution is 2.54. The Morgan fingerprint density at radius 1 is 0.648 bits per heavy atom. The van der Waals surface area contributed by atoms with E-state index in [1.165, 1.54) is 7.11 Å². The van der Waals surface area contributed by atoms with Crippen LogP contribution in [0.15, 0.2) is 77.1 Å². The van der Waals surface area contributed by atoms with Crippen molar-refractivity contribution in [2.24, 2.45) is 10.8 Å². The topological polar surface area (TPSA) is 125 Å². The number of Topliss-reactive ketones (excluding diaryl/α,β-unsaturated/α-hetero) is 2. The SMILES string of the molecule is CC1(C)CC(=O)C2=C(C1)Nc1n[nH]c(C(F)(F)F)c1C2c1ccccc1.COc1ccccc1[C@H]1C2=C(CC(C)(C)CC2=O)Nc2n[nH]c(C(F)(F)F)c21. The van der Waals surface area contributed by atoms with Crippen LogP contribution in [0.2, 0.25) is 0 Å². The van der Waals surface area contributed by atoms with Crippen molar-refractivity contribution in [3.05, 3.63) is 111 Å². The quantitative estimate of drug-likeness (QED) is 0.154. The molecule has 2 aliphatic carbocycles. The highest BCUT2D eigenvalue weighted by molar-refractivity contribution is 6.02. The molecule has 2 aromatic heterocycles. The van der Waals surface area contributed by atoms with Gasteiger partial charge in [0, 0.05) is 63.9 Å². The Morgan fingerprint density at radius 2 is 1.09 bits per heavy atom. The van der Waals surface area contributed by atoms with Crippen molar-refractivity contribution in [3.8, 4) is 5.75 Å². The number of alkyl halides is 6. The Bertz CT molecular complexity index is 2210. The van der Waals surface area contributed by atoms with Crippen LogP contribution < -0.4 is 15.4 Å². The highest BCUT2D eigenvalue weighted by atomic mass is 19.4. The summed E-state index contributed by atoms with van der Waals surface area (Å²) in [6.07, 6.45) is -7.49. The lowest BCUT2D eigenvalue weighted by molar-refractivity contribution is -0.142. The fourth-order valence-corrected chi connectivity index (χ4v) is 8.22. The second-order valence-electron chi connectivity index (χ2n) is 15.7. The minimum atomic E-state index is -4.63. The Kier molecular flexibility index (Phi) is 8.84. The molecule has 15 heteroatoms. The number of aromatic nitrogens is 4. The minimum Gasteiger partial charge on any atom is -0.496 e. The maximum Gasteiger partial charge on any atom is 0.433 e. The van der Waals surface area contributed by atoms with E-state index in [1.54, 1.807) is 54.6 Å². The number of hydrogen-bond acceptors (Lipinski definition) is 7. The van der Waals surface area contributed by atoms with E-state index in [-0.39, 0.29) is 51.6 Å². The first-order valence-corrected chi connectivity index (χ1v) is 17.3. The minimum absolute atomic E-state index is 0.00416. The van der Waals surface area contributed by atoms with Crippen molar-refractivity contribution in [2.45, 2.75) is 77.6 Å². The molecule has 0 amide bonds. The Balaban J connectivity index is 0.000000167. The first-order chi connectivity index (χ1) is 25.3. The number of allylic oxidation sites excluding steroid dienone is 4. The van der Waals surface area contributed by atoms with Gasteiger partial charge in [-0.2, -0.15) is 36.5 Å². The Hall–Kier alpha value is -5.34. The molecule has 2 aliphatic heterocycles. The molecular formula is C39H38F6N6O3. The summed E-state index contributed by atoms with van der Waals surface area (Å²) in [5.41, 5.74) is 0.811. The van der Waals surface area contributed by atoms with Gasteiger partial charge in [-0.3, -0.25) is 19.8 Å². The van der Waals surface area contributed by atoms with Crippen LogP contribution in [0.25, 0.3) is 0 Å². The van der Waals surface area contributed by atoms with Crippen LogP contribution in [0.1, 0.15) is 98.9 Å². The van der Waals surface area contributed by atoms with Gasteiger partial charge in [-0.25, -0.2) is 0 Å². The van der Waals surface area contributed by atoms with Crippen LogP contribution in [0.3, 0.4) is 0 Å². The van der Waals surface area contributed by atoms with Crippen molar-refractivity contribution in [1.82, 2.24) is 20.4 Å². The zero-order valence-corrected chi connectivity index (χ0v) is 30.1. The number of para-hydroxylation sites is 1. The molecule has 54 heavy (non-hydrogen) atoms. The summed E-state index contributed by atoms with van der Waals surface area (Å²) < 4.78 is 87.1. The normalized spacial score (nSPS) is 21.5. The number of H-pyrrole nitrogens is 2.